The predicted molar refractivity (Wildman–Crippen MR) is 71.1 cm³/mol. The van der Waals surface area contributed by atoms with E-state index in [0.717, 1.165) is 38.1 Å². The first kappa shape index (κ1) is 15.5. The number of nitrogens with zero attached hydrogens (tertiary/aromatic N) is 2. The van der Waals surface area contributed by atoms with Crippen molar-refractivity contribution in [3.63, 3.8) is 0 Å². The van der Waals surface area contributed by atoms with Gasteiger partial charge < -0.3 is 9.73 Å². The Kier molecular flexibility index (Phi) is 5.32. The van der Waals surface area contributed by atoms with Crippen molar-refractivity contribution in [1.29, 1.82) is 0 Å². The third-order valence-corrected chi connectivity index (χ3v) is 2.90. The van der Waals surface area contributed by atoms with Gasteiger partial charge in [-0.1, -0.05) is 6.92 Å². The highest BCUT2D eigenvalue weighted by Crippen LogP contribution is 2.25. The van der Waals surface area contributed by atoms with E-state index in [0.29, 0.717) is 12.3 Å². The third-order valence-electron chi connectivity index (χ3n) is 2.90. The Hall–Kier alpha value is -1.89. The Labute approximate surface area is 120 Å². The number of benzene rings is 1. The Morgan fingerprint density at radius 3 is 2.67 bits per heavy atom. The van der Waals surface area contributed by atoms with Crippen LogP contribution in [0.3, 0.4) is 0 Å². The molecule has 21 heavy (non-hydrogen) atoms. The monoisotopic (exact) mass is 299 g/mol. The predicted octanol–water partition coefficient (Wildman–Crippen LogP) is 3.09. The second-order valence-electron chi connectivity index (χ2n) is 4.58. The highest BCUT2D eigenvalue weighted by Gasteiger charge is 2.19. The molecule has 0 unspecified atom stereocenters. The number of halogens is 3. The molecule has 0 amide bonds. The summed E-state index contributed by atoms with van der Waals surface area (Å²) in [4.78, 5) is 0. The first-order valence-electron chi connectivity index (χ1n) is 6.80. The average molecular weight is 299 g/mol. The van der Waals surface area contributed by atoms with Crippen LogP contribution < -0.4 is 5.32 Å². The van der Waals surface area contributed by atoms with Crippen LogP contribution in [-0.2, 0) is 6.42 Å². The highest BCUT2D eigenvalue weighted by molar-refractivity contribution is 5.53. The summed E-state index contributed by atoms with van der Waals surface area (Å²) < 4.78 is 44.9. The standard InChI is InChI=1S/C14H16F3N3O/c1-2-7-18-8-3-4-11-19-20-14(21-11)9-5-6-10(15)13(17)12(9)16/h5-6,18H,2-4,7-8H2,1H3. The maximum Gasteiger partial charge on any atom is 0.250 e. The molecule has 0 radical (unpaired) electrons. The van der Waals surface area contributed by atoms with Crippen molar-refractivity contribution < 1.29 is 17.6 Å². The topological polar surface area (TPSA) is 51.0 Å². The second-order valence-corrected chi connectivity index (χ2v) is 4.58. The lowest BCUT2D eigenvalue weighted by atomic mass is 10.2. The van der Waals surface area contributed by atoms with Crippen molar-refractivity contribution >= 4 is 0 Å². The zero-order valence-electron chi connectivity index (χ0n) is 11.6. The first-order valence-corrected chi connectivity index (χ1v) is 6.80. The number of aryl methyl sites for hydroxylation is 1. The van der Waals surface area contributed by atoms with Crippen LogP contribution in [0.2, 0.25) is 0 Å². The minimum Gasteiger partial charge on any atom is -0.421 e. The van der Waals surface area contributed by atoms with Crippen molar-refractivity contribution in [2.24, 2.45) is 0 Å². The molecule has 0 aliphatic rings. The summed E-state index contributed by atoms with van der Waals surface area (Å²) in [6.45, 7) is 3.83. The molecule has 1 aromatic carbocycles. The molecule has 2 rings (SSSR count). The van der Waals surface area contributed by atoms with E-state index in [4.69, 9.17) is 4.42 Å². The van der Waals surface area contributed by atoms with E-state index in [-0.39, 0.29) is 11.5 Å². The Morgan fingerprint density at radius 1 is 1.10 bits per heavy atom. The molecule has 0 fully saturated rings. The molecule has 1 N–H and O–H groups in total. The quantitative estimate of drug-likeness (QED) is 0.630. The first-order chi connectivity index (χ1) is 10.1. The van der Waals surface area contributed by atoms with Crippen LogP contribution >= 0.6 is 0 Å². The largest absolute Gasteiger partial charge is 0.421 e. The summed E-state index contributed by atoms with van der Waals surface area (Å²) in [5.74, 6) is -3.93. The van der Waals surface area contributed by atoms with Gasteiger partial charge in [0.2, 0.25) is 5.89 Å². The zero-order chi connectivity index (χ0) is 15.2. The molecular formula is C14H16F3N3O. The van der Waals surface area contributed by atoms with Gasteiger partial charge in [-0.05, 0) is 38.1 Å². The SMILES string of the molecule is CCCNCCCc1nnc(-c2ccc(F)c(F)c2F)o1. The summed E-state index contributed by atoms with van der Waals surface area (Å²) in [7, 11) is 0. The van der Waals surface area contributed by atoms with Gasteiger partial charge >= 0.3 is 0 Å². The molecule has 1 aromatic heterocycles. The van der Waals surface area contributed by atoms with Crippen molar-refractivity contribution in [2.75, 3.05) is 13.1 Å². The van der Waals surface area contributed by atoms with E-state index in [1.54, 1.807) is 0 Å². The molecule has 0 atom stereocenters. The molecule has 4 nitrogen and oxygen atoms in total. The Morgan fingerprint density at radius 2 is 1.90 bits per heavy atom. The van der Waals surface area contributed by atoms with Gasteiger partial charge in [-0.3, -0.25) is 0 Å². The molecule has 114 valence electrons. The molecule has 0 aliphatic heterocycles. The number of nitrogens with one attached hydrogen (secondary N) is 1. The van der Waals surface area contributed by atoms with E-state index in [1.165, 1.54) is 0 Å². The lowest BCUT2D eigenvalue weighted by Crippen LogP contribution is -2.16. The van der Waals surface area contributed by atoms with Gasteiger partial charge in [0, 0.05) is 6.42 Å². The van der Waals surface area contributed by atoms with Crippen molar-refractivity contribution in [3.8, 4) is 11.5 Å². The molecule has 0 saturated heterocycles. The number of rotatable bonds is 7. The normalized spacial score (nSPS) is 11.0. The van der Waals surface area contributed by atoms with Gasteiger partial charge in [-0.15, -0.1) is 10.2 Å². The lowest BCUT2D eigenvalue weighted by molar-refractivity contribution is 0.443. The summed E-state index contributed by atoms with van der Waals surface area (Å²) in [5.41, 5.74) is -0.239. The van der Waals surface area contributed by atoms with Gasteiger partial charge in [-0.2, -0.15) is 0 Å². The Bertz CT molecular complexity index is 601. The van der Waals surface area contributed by atoms with Gasteiger partial charge in [0.15, 0.2) is 17.5 Å². The van der Waals surface area contributed by atoms with E-state index in [9.17, 15) is 13.2 Å². The van der Waals surface area contributed by atoms with Crippen LogP contribution in [0, 0.1) is 17.5 Å². The third kappa shape index (κ3) is 3.81. The van der Waals surface area contributed by atoms with Gasteiger partial charge in [0.1, 0.15) is 0 Å². The van der Waals surface area contributed by atoms with Gasteiger partial charge in [0.25, 0.3) is 5.89 Å². The van der Waals surface area contributed by atoms with Crippen LogP contribution in [-0.4, -0.2) is 23.3 Å². The highest BCUT2D eigenvalue weighted by atomic mass is 19.2. The molecule has 0 aliphatic carbocycles. The van der Waals surface area contributed by atoms with Gasteiger partial charge in [0.05, 0.1) is 5.56 Å². The molecular weight excluding hydrogens is 283 g/mol. The lowest BCUT2D eigenvalue weighted by Gasteiger charge is -2.00. The van der Waals surface area contributed by atoms with Gasteiger partial charge in [-0.25, -0.2) is 13.2 Å². The molecule has 2 aromatic rings. The minimum atomic E-state index is -1.55. The number of hydrogen-bond acceptors (Lipinski definition) is 4. The fourth-order valence-corrected chi connectivity index (χ4v) is 1.82. The summed E-state index contributed by atoms with van der Waals surface area (Å²) in [6, 6.07) is 1.90. The zero-order valence-corrected chi connectivity index (χ0v) is 11.6. The molecule has 1 heterocycles. The fourth-order valence-electron chi connectivity index (χ4n) is 1.82. The summed E-state index contributed by atoms with van der Waals surface area (Å²) in [5, 5.41) is 10.7. The van der Waals surface area contributed by atoms with Crippen molar-refractivity contribution in [3.05, 3.63) is 35.5 Å². The maximum absolute atomic E-state index is 13.6. The second kappa shape index (κ2) is 7.21. The fraction of sp³-hybridized carbons (Fsp3) is 0.429. The maximum atomic E-state index is 13.6. The van der Waals surface area contributed by atoms with E-state index < -0.39 is 17.5 Å². The van der Waals surface area contributed by atoms with Crippen LogP contribution in [0.5, 0.6) is 0 Å². The van der Waals surface area contributed by atoms with Crippen LogP contribution in [0.4, 0.5) is 13.2 Å². The van der Waals surface area contributed by atoms with Crippen molar-refractivity contribution in [2.45, 2.75) is 26.2 Å². The van der Waals surface area contributed by atoms with Crippen molar-refractivity contribution in [1.82, 2.24) is 15.5 Å². The molecule has 0 bridgehead atoms. The summed E-state index contributed by atoms with van der Waals surface area (Å²) in [6.07, 6.45) is 2.39. The van der Waals surface area contributed by atoms with E-state index in [2.05, 4.69) is 22.4 Å². The van der Waals surface area contributed by atoms with Crippen LogP contribution in [0.1, 0.15) is 25.7 Å². The van der Waals surface area contributed by atoms with Crippen LogP contribution in [0.25, 0.3) is 11.5 Å². The van der Waals surface area contributed by atoms with Crippen LogP contribution in [0.15, 0.2) is 16.5 Å². The van der Waals surface area contributed by atoms with E-state index >= 15 is 0 Å². The molecule has 0 spiro atoms. The minimum absolute atomic E-state index is 0.150. The smallest absolute Gasteiger partial charge is 0.250 e. The molecule has 0 saturated carbocycles. The number of hydrogen-bond donors (Lipinski definition) is 1. The van der Waals surface area contributed by atoms with E-state index in [1.807, 2.05) is 0 Å². The molecule has 7 heteroatoms. The Balaban J connectivity index is 2.01. The average Bonchev–Trinajstić information content (AvgIpc) is 2.93. The number of aromatic nitrogens is 2. The summed E-state index contributed by atoms with van der Waals surface area (Å²) >= 11 is 0.